The van der Waals surface area contributed by atoms with Gasteiger partial charge in [0, 0.05) is 74.4 Å². The summed E-state index contributed by atoms with van der Waals surface area (Å²) in [7, 11) is -2.90. The number of carbonyl (C=O) groups excluding carboxylic acids is 1. The molecule has 1 saturated carbocycles. The summed E-state index contributed by atoms with van der Waals surface area (Å²) in [6.07, 6.45) is 10.2. The number of anilines is 1. The third-order valence-corrected chi connectivity index (χ3v) is 14.9. The molecule has 1 amide bonds. The number of nitro benzene ring substituents is 1. The summed E-state index contributed by atoms with van der Waals surface area (Å²) in [5.41, 5.74) is 6.98. The van der Waals surface area contributed by atoms with Gasteiger partial charge in [-0.3, -0.25) is 29.6 Å². The van der Waals surface area contributed by atoms with Crippen LogP contribution in [0.2, 0.25) is 5.02 Å². The van der Waals surface area contributed by atoms with E-state index in [0.29, 0.717) is 22.4 Å². The number of halogens is 1. The maximum Gasteiger partial charge on any atom is 0.312 e. The number of pyridine rings is 1. The van der Waals surface area contributed by atoms with Crippen molar-refractivity contribution in [3.8, 4) is 11.4 Å². The summed E-state index contributed by atoms with van der Waals surface area (Å²) in [4.78, 5) is 39.1. The number of nitro groups is 1. The Balaban J connectivity index is 0.963. The number of carbonyl (C=O) groups is 1. The fraction of sp³-hybridized carbons (Fsp3) is 0.396. The van der Waals surface area contributed by atoms with E-state index in [0.717, 1.165) is 99.8 Å². The van der Waals surface area contributed by atoms with E-state index < -0.39 is 31.4 Å². The Labute approximate surface area is 382 Å². The Kier molecular flexibility index (Phi) is 12.4. The molecule has 3 aliphatic rings. The molecule has 2 N–H and O–H groups in total. The van der Waals surface area contributed by atoms with Crippen LogP contribution in [0.4, 0.5) is 11.4 Å². The molecule has 0 bridgehead atoms. The number of hydrogen-bond acceptors (Lipinski definition) is 11. The number of aromatic nitrogens is 4. The van der Waals surface area contributed by atoms with Crippen LogP contribution in [0.15, 0.2) is 95.7 Å². The average Bonchev–Trinajstić information content (AvgIpc) is 3.94. The van der Waals surface area contributed by atoms with Crippen LogP contribution in [0.5, 0.6) is 5.75 Å². The number of ether oxygens (including phenoxy) is 2. The number of benzene rings is 3. The first-order valence-electron chi connectivity index (χ1n) is 22.1. The number of sulfonamides is 1. The fourth-order valence-corrected chi connectivity index (χ4v) is 10.6. The zero-order valence-electron chi connectivity index (χ0n) is 36.8. The summed E-state index contributed by atoms with van der Waals surface area (Å²) < 4.78 is 43.0. The van der Waals surface area contributed by atoms with Crippen molar-refractivity contribution in [1.82, 2.24) is 29.4 Å². The molecule has 2 aliphatic carbocycles. The maximum atomic E-state index is 14.2. The number of amides is 1. The lowest BCUT2D eigenvalue weighted by Crippen LogP contribution is -2.47. The number of H-pyrrole nitrogens is 1. The second kappa shape index (κ2) is 18.2. The summed E-state index contributed by atoms with van der Waals surface area (Å²) in [5, 5.41) is 16.9. The minimum absolute atomic E-state index is 0.0385. The van der Waals surface area contributed by atoms with Gasteiger partial charge in [-0.2, -0.15) is 0 Å². The second-order valence-electron chi connectivity index (χ2n) is 18.3. The first kappa shape index (κ1) is 44.4. The second-order valence-corrected chi connectivity index (χ2v) is 20.4. The van der Waals surface area contributed by atoms with E-state index in [1.807, 2.05) is 36.4 Å². The van der Waals surface area contributed by atoms with Gasteiger partial charge in [-0.25, -0.2) is 23.1 Å². The van der Waals surface area contributed by atoms with Gasteiger partial charge in [0.1, 0.15) is 5.52 Å². The molecule has 340 valence electrons. The Hall–Kier alpha value is -5.81. The van der Waals surface area contributed by atoms with Crippen LogP contribution in [0, 0.1) is 21.4 Å². The van der Waals surface area contributed by atoms with Crippen LogP contribution in [0.25, 0.3) is 33.3 Å². The number of nitrogens with zero attached hydrogens (tertiary/aromatic N) is 6. The van der Waals surface area contributed by atoms with Gasteiger partial charge >= 0.3 is 5.69 Å². The first-order valence-corrected chi connectivity index (χ1v) is 24.0. The highest BCUT2D eigenvalue weighted by molar-refractivity contribution is 7.90. The molecular weight excluding hydrogens is 868 g/mol. The Morgan fingerprint density at radius 1 is 1.00 bits per heavy atom. The molecule has 1 aliphatic heterocycles. The lowest BCUT2D eigenvalue weighted by atomic mass is 9.72. The zero-order chi connectivity index (χ0) is 45.5. The van der Waals surface area contributed by atoms with Crippen molar-refractivity contribution in [2.45, 2.75) is 69.8 Å². The van der Waals surface area contributed by atoms with Crippen LogP contribution >= 0.6 is 11.6 Å². The third kappa shape index (κ3) is 9.62. The van der Waals surface area contributed by atoms with Crippen LogP contribution in [0.1, 0.15) is 74.7 Å². The highest BCUT2D eigenvalue weighted by Crippen LogP contribution is 2.43. The monoisotopic (exact) mass is 920 g/mol. The fourth-order valence-electron chi connectivity index (χ4n) is 9.51. The molecule has 3 aromatic heterocycles. The predicted octanol–water partition coefficient (Wildman–Crippen LogP) is 8.95. The molecule has 9 rings (SSSR count). The molecule has 0 unspecified atom stereocenters. The normalized spacial score (nSPS) is 19.5. The predicted molar refractivity (Wildman–Crippen MR) is 251 cm³/mol. The molecule has 0 atom stereocenters. The van der Waals surface area contributed by atoms with Gasteiger partial charge in [0.25, 0.3) is 15.9 Å². The third-order valence-electron chi connectivity index (χ3n) is 13.3. The molecule has 6 aromatic rings. The summed E-state index contributed by atoms with van der Waals surface area (Å²) in [6.45, 7) is 8.94. The molecule has 17 heteroatoms. The van der Waals surface area contributed by atoms with Gasteiger partial charge < -0.3 is 14.4 Å². The zero-order valence-corrected chi connectivity index (χ0v) is 38.3. The lowest BCUT2D eigenvalue weighted by Gasteiger charge is -2.39. The quantitative estimate of drug-likeness (QED) is 0.0835. The van der Waals surface area contributed by atoms with E-state index in [1.165, 1.54) is 28.8 Å². The van der Waals surface area contributed by atoms with Gasteiger partial charge in [-0.05, 0) is 122 Å². The van der Waals surface area contributed by atoms with Crippen LogP contribution in [-0.4, -0.2) is 96.4 Å². The highest BCUT2D eigenvalue weighted by atomic mass is 35.5. The van der Waals surface area contributed by atoms with Crippen molar-refractivity contribution >= 4 is 66.5 Å². The minimum Gasteiger partial charge on any atom is -0.487 e. The highest BCUT2D eigenvalue weighted by Gasteiger charge is 2.31. The number of fused-ring (bicyclic) bond motifs is 2. The number of hydrogen-bond donors (Lipinski definition) is 2. The van der Waals surface area contributed by atoms with E-state index in [2.05, 4.69) is 55.6 Å². The molecule has 15 nitrogen and oxygen atoms in total. The van der Waals surface area contributed by atoms with E-state index in [4.69, 9.17) is 21.1 Å². The van der Waals surface area contributed by atoms with Crippen molar-refractivity contribution in [2.75, 3.05) is 51.3 Å². The molecule has 3 aromatic carbocycles. The average molecular weight is 922 g/mol. The molecular formula is C48H53ClN8O7S. The minimum atomic E-state index is -4.59. The lowest BCUT2D eigenvalue weighted by molar-refractivity contribution is -0.386. The Bertz CT molecular complexity index is 2900. The summed E-state index contributed by atoms with van der Waals surface area (Å²) in [5.74, 6) is -0.757. The Morgan fingerprint density at radius 2 is 1.77 bits per heavy atom. The van der Waals surface area contributed by atoms with Crippen LogP contribution in [-0.2, 0) is 14.8 Å². The van der Waals surface area contributed by atoms with E-state index in [1.54, 1.807) is 30.3 Å². The van der Waals surface area contributed by atoms with Crippen molar-refractivity contribution in [3.63, 3.8) is 0 Å². The van der Waals surface area contributed by atoms with Crippen molar-refractivity contribution < 1.29 is 27.6 Å². The van der Waals surface area contributed by atoms with Crippen molar-refractivity contribution in [3.05, 3.63) is 117 Å². The Morgan fingerprint density at radius 3 is 2.51 bits per heavy atom. The van der Waals surface area contributed by atoms with Crippen LogP contribution < -0.4 is 14.4 Å². The van der Waals surface area contributed by atoms with Gasteiger partial charge in [0.15, 0.2) is 11.4 Å². The number of allylic oxidation sites excluding steroid dienone is 1. The van der Waals surface area contributed by atoms with E-state index in [-0.39, 0.29) is 35.4 Å². The van der Waals surface area contributed by atoms with Gasteiger partial charge in [0.05, 0.1) is 39.3 Å². The maximum absolute atomic E-state index is 14.2. The standard InChI is InChI=1S/C48H53ClN8O7S/c1-48(2)18-16-34(40(27-48)32-6-8-35(49)9-7-32)29-54-20-22-55(23-21-54)36-10-14-39(42(25-36)56-43-24-33-17-19-50-46(33)52-41(43)28-51-56)47(58)53-65(61,62)38-13-15-45(44(26-38)57(59)60)64-30-31-4-11-37(63-3)12-5-31/h6-10,13-15,17,19,24-26,28,31,37,51H,4-5,11-12,16,18,20-23,27,29-30H2,1-3H3,(H,53,58). The number of aromatic amines is 1. The van der Waals surface area contributed by atoms with Crippen LogP contribution in [0.3, 0.4) is 0 Å². The van der Waals surface area contributed by atoms with Gasteiger partial charge in [0.2, 0.25) is 0 Å². The van der Waals surface area contributed by atoms with Crippen molar-refractivity contribution in [2.24, 2.45) is 11.3 Å². The number of methoxy groups -OCH3 is 1. The summed E-state index contributed by atoms with van der Waals surface area (Å²) in [6, 6.07) is 20.7. The number of rotatable bonds is 13. The molecule has 0 spiro atoms. The molecule has 1 saturated heterocycles. The SMILES string of the molecule is COC1CCC(COc2ccc(S(=O)(=O)NC(=O)c3ccc(N4CCN(CC5=C(c6ccc(Cl)cc6)CC(C)(C)CC5)CC4)cc3-n3[nH]cc4nc5nccc5cc43)cc2[N+](=O)[O-])CC1. The van der Waals surface area contributed by atoms with E-state index >= 15 is 0 Å². The summed E-state index contributed by atoms with van der Waals surface area (Å²) >= 11 is 6.26. The number of piperazine rings is 1. The topological polar surface area (TPSA) is 178 Å². The molecule has 0 radical (unpaired) electrons. The molecule has 4 heterocycles. The van der Waals surface area contributed by atoms with Gasteiger partial charge in [-0.15, -0.1) is 0 Å². The smallest absolute Gasteiger partial charge is 0.312 e. The number of nitrogens with one attached hydrogen (secondary N) is 2. The molecule has 65 heavy (non-hydrogen) atoms. The van der Waals surface area contributed by atoms with Crippen molar-refractivity contribution in [1.29, 1.82) is 0 Å². The van der Waals surface area contributed by atoms with E-state index in [9.17, 15) is 23.3 Å². The largest absolute Gasteiger partial charge is 0.487 e. The molecule has 2 fully saturated rings. The van der Waals surface area contributed by atoms with Gasteiger partial charge in [-0.1, -0.05) is 43.2 Å². The first-order chi connectivity index (χ1) is 31.2.